The van der Waals surface area contributed by atoms with Gasteiger partial charge in [0.05, 0.1) is 0 Å². The SMILES string of the molecule is CCN(CC)c1ccc2cc(C(=O)Nc3nccs3)c(=N)oc2c1. The normalized spacial score (nSPS) is 10.8. The van der Waals surface area contributed by atoms with Gasteiger partial charge in [0.25, 0.3) is 5.91 Å². The van der Waals surface area contributed by atoms with Crippen LogP contribution in [-0.4, -0.2) is 24.0 Å². The lowest BCUT2D eigenvalue weighted by molar-refractivity contribution is 0.102. The van der Waals surface area contributed by atoms with E-state index in [0.29, 0.717) is 10.7 Å². The second-order valence-corrected chi connectivity index (χ2v) is 6.07. The average Bonchev–Trinajstić information content (AvgIpc) is 3.08. The van der Waals surface area contributed by atoms with Crippen molar-refractivity contribution in [2.45, 2.75) is 13.8 Å². The van der Waals surface area contributed by atoms with E-state index >= 15 is 0 Å². The molecule has 2 N–H and O–H groups in total. The molecule has 3 rings (SSSR count). The van der Waals surface area contributed by atoms with Gasteiger partial charge in [0.2, 0.25) is 5.55 Å². The Balaban J connectivity index is 1.97. The van der Waals surface area contributed by atoms with Crippen LogP contribution >= 0.6 is 11.3 Å². The zero-order valence-corrected chi connectivity index (χ0v) is 14.3. The highest BCUT2D eigenvalue weighted by molar-refractivity contribution is 7.13. The van der Waals surface area contributed by atoms with Crippen molar-refractivity contribution in [1.82, 2.24) is 4.98 Å². The monoisotopic (exact) mass is 342 g/mol. The highest BCUT2D eigenvalue weighted by atomic mass is 32.1. The average molecular weight is 342 g/mol. The van der Waals surface area contributed by atoms with Gasteiger partial charge in [-0.3, -0.25) is 15.5 Å². The first-order valence-corrected chi connectivity index (χ1v) is 8.58. The largest absolute Gasteiger partial charge is 0.438 e. The number of anilines is 2. The van der Waals surface area contributed by atoms with Crippen molar-refractivity contribution in [3.63, 3.8) is 0 Å². The number of aromatic nitrogens is 1. The molecule has 0 unspecified atom stereocenters. The minimum absolute atomic E-state index is 0.159. The molecule has 0 bridgehead atoms. The smallest absolute Gasteiger partial charge is 0.262 e. The number of fused-ring (bicyclic) bond motifs is 1. The number of amides is 1. The Hall–Kier alpha value is -2.67. The van der Waals surface area contributed by atoms with E-state index in [1.807, 2.05) is 18.2 Å². The Morgan fingerprint density at radius 3 is 2.79 bits per heavy atom. The van der Waals surface area contributed by atoms with Crippen molar-refractivity contribution in [1.29, 1.82) is 5.41 Å². The van der Waals surface area contributed by atoms with Crippen LogP contribution in [0, 0.1) is 5.41 Å². The van der Waals surface area contributed by atoms with Crippen molar-refractivity contribution < 1.29 is 9.21 Å². The van der Waals surface area contributed by atoms with Crippen molar-refractivity contribution in [2.75, 3.05) is 23.3 Å². The Kier molecular flexibility index (Phi) is 4.61. The summed E-state index contributed by atoms with van der Waals surface area (Å²) in [5.74, 6) is -0.395. The number of carbonyl (C=O) groups is 1. The van der Waals surface area contributed by atoms with Crippen molar-refractivity contribution >= 4 is 39.0 Å². The third-order valence-corrected chi connectivity index (χ3v) is 4.47. The molecule has 0 saturated heterocycles. The Morgan fingerprint density at radius 1 is 1.33 bits per heavy atom. The van der Waals surface area contributed by atoms with Crippen LogP contribution in [0.4, 0.5) is 10.8 Å². The van der Waals surface area contributed by atoms with Crippen LogP contribution in [0.2, 0.25) is 0 Å². The molecule has 124 valence electrons. The Labute approximate surface area is 143 Å². The topological polar surface area (TPSA) is 82.2 Å². The van der Waals surface area contributed by atoms with E-state index in [-0.39, 0.29) is 11.1 Å². The number of carbonyl (C=O) groups excluding carboxylic acids is 1. The molecule has 0 radical (unpaired) electrons. The molecular formula is C17H18N4O2S. The molecule has 0 spiro atoms. The molecule has 0 fully saturated rings. The maximum absolute atomic E-state index is 12.3. The van der Waals surface area contributed by atoms with Crippen LogP contribution in [0.15, 0.2) is 40.3 Å². The van der Waals surface area contributed by atoms with Gasteiger partial charge in [0, 0.05) is 41.8 Å². The predicted octanol–water partition coefficient (Wildman–Crippen LogP) is 3.47. The number of rotatable bonds is 5. The molecule has 6 nitrogen and oxygen atoms in total. The molecule has 7 heteroatoms. The number of hydrogen-bond acceptors (Lipinski definition) is 6. The van der Waals surface area contributed by atoms with Crippen LogP contribution in [0.3, 0.4) is 0 Å². The third-order valence-electron chi connectivity index (χ3n) is 3.78. The highest BCUT2D eigenvalue weighted by Crippen LogP contribution is 2.22. The van der Waals surface area contributed by atoms with Crippen molar-refractivity contribution in [3.05, 3.63) is 47.0 Å². The summed E-state index contributed by atoms with van der Waals surface area (Å²) in [5, 5.41) is 13.7. The number of nitrogens with one attached hydrogen (secondary N) is 2. The van der Waals surface area contributed by atoms with Gasteiger partial charge in [-0.25, -0.2) is 4.98 Å². The molecule has 1 aromatic carbocycles. The molecule has 3 aromatic rings. The molecule has 0 atom stereocenters. The van der Waals surface area contributed by atoms with Crippen molar-refractivity contribution in [2.24, 2.45) is 0 Å². The van der Waals surface area contributed by atoms with E-state index in [4.69, 9.17) is 9.83 Å². The van der Waals surface area contributed by atoms with Crippen LogP contribution in [0.1, 0.15) is 24.2 Å². The lowest BCUT2D eigenvalue weighted by Crippen LogP contribution is -2.22. The van der Waals surface area contributed by atoms with Gasteiger partial charge >= 0.3 is 0 Å². The van der Waals surface area contributed by atoms with Crippen LogP contribution in [0.25, 0.3) is 11.0 Å². The minimum atomic E-state index is -0.395. The molecule has 2 heterocycles. The van der Waals surface area contributed by atoms with Gasteiger partial charge in [0.15, 0.2) is 5.13 Å². The zero-order valence-electron chi connectivity index (χ0n) is 13.5. The fraction of sp³-hybridized carbons (Fsp3) is 0.235. The summed E-state index contributed by atoms with van der Waals surface area (Å²) in [6.07, 6.45) is 1.61. The summed E-state index contributed by atoms with van der Waals surface area (Å²) in [6, 6.07) is 7.49. The first kappa shape index (κ1) is 16.2. The molecular weight excluding hydrogens is 324 g/mol. The molecule has 0 saturated carbocycles. The first-order valence-electron chi connectivity index (χ1n) is 7.70. The molecule has 0 aliphatic heterocycles. The fourth-order valence-electron chi connectivity index (χ4n) is 2.52. The summed E-state index contributed by atoms with van der Waals surface area (Å²) in [4.78, 5) is 18.5. The molecule has 24 heavy (non-hydrogen) atoms. The van der Waals surface area contributed by atoms with Gasteiger partial charge in [-0.05, 0) is 32.0 Å². The van der Waals surface area contributed by atoms with Crippen LogP contribution in [-0.2, 0) is 0 Å². The predicted molar refractivity (Wildman–Crippen MR) is 95.7 cm³/mol. The highest BCUT2D eigenvalue weighted by Gasteiger charge is 2.13. The minimum Gasteiger partial charge on any atom is -0.438 e. The van der Waals surface area contributed by atoms with Crippen molar-refractivity contribution in [3.8, 4) is 0 Å². The van der Waals surface area contributed by atoms with E-state index in [0.717, 1.165) is 24.2 Å². The molecule has 0 aliphatic rings. The van der Waals surface area contributed by atoms with E-state index in [1.165, 1.54) is 11.3 Å². The molecule has 2 aromatic heterocycles. The van der Waals surface area contributed by atoms with E-state index in [9.17, 15) is 4.79 Å². The summed E-state index contributed by atoms with van der Waals surface area (Å²) in [7, 11) is 0. The van der Waals surface area contributed by atoms with E-state index < -0.39 is 5.91 Å². The maximum Gasteiger partial charge on any atom is 0.262 e. The zero-order chi connectivity index (χ0) is 17.1. The summed E-state index contributed by atoms with van der Waals surface area (Å²) in [5.41, 5.74) is 1.66. The summed E-state index contributed by atoms with van der Waals surface area (Å²) < 4.78 is 5.58. The van der Waals surface area contributed by atoms with E-state index in [1.54, 1.807) is 17.6 Å². The van der Waals surface area contributed by atoms with Gasteiger partial charge < -0.3 is 9.32 Å². The van der Waals surface area contributed by atoms with Crippen LogP contribution in [0.5, 0.6) is 0 Å². The lowest BCUT2D eigenvalue weighted by atomic mass is 10.1. The molecule has 0 aliphatic carbocycles. The maximum atomic E-state index is 12.3. The van der Waals surface area contributed by atoms with Gasteiger partial charge in [-0.2, -0.15) is 0 Å². The number of thiazole rings is 1. The summed E-state index contributed by atoms with van der Waals surface area (Å²) >= 11 is 1.33. The van der Waals surface area contributed by atoms with Gasteiger partial charge in [-0.15, -0.1) is 11.3 Å². The second kappa shape index (κ2) is 6.84. The second-order valence-electron chi connectivity index (χ2n) is 5.17. The van der Waals surface area contributed by atoms with E-state index in [2.05, 4.69) is 29.0 Å². The van der Waals surface area contributed by atoms with Crippen LogP contribution < -0.4 is 15.8 Å². The quantitative estimate of drug-likeness (QED) is 0.744. The first-order chi connectivity index (χ1) is 11.6. The number of hydrogen-bond donors (Lipinski definition) is 2. The lowest BCUT2D eigenvalue weighted by Gasteiger charge is -2.21. The standard InChI is InChI=1S/C17H18N4O2S/c1-3-21(4-2)12-6-5-11-9-13(15(18)23-14(11)10-12)16(22)20-17-19-7-8-24-17/h5-10,18H,3-4H2,1-2H3,(H,19,20,22). The number of nitrogens with zero attached hydrogens (tertiary/aromatic N) is 2. The Morgan fingerprint density at radius 2 is 2.12 bits per heavy atom. The van der Waals surface area contributed by atoms with Gasteiger partial charge in [-0.1, -0.05) is 0 Å². The number of benzene rings is 1. The fourth-order valence-corrected chi connectivity index (χ4v) is 3.04. The summed E-state index contributed by atoms with van der Waals surface area (Å²) in [6.45, 7) is 5.97. The van der Waals surface area contributed by atoms with Gasteiger partial charge in [0.1, 0.15) is 11.1 Å². The molecule has 1 amide bonds. The third kappa shape index (κ3) is 3.16. The Bertz CT molecular complexity index is 914.